The molecule has 3 rings (SSSR count). The van der Waals surface area contributed by atoms with E-state index in [1.54, 1.807) is 0 Å². The first kappa shape index (κ1) is 17.8. The van der Waals surface area contributed by atoms with Gasteiger partial charge in [0.25, 0.3) is 0 Å². The number of fused-ring (bicyclic) bond motifs is 1. The zero-order chi connectivity index (χ0) is 18.7. The van der Waals surface area contributed by atoms with Gasteiger partial charge in [0.05, 0.1) is 19.3 Å². The summed E-state index contributed by atoms with van der Waals surface area (Å²) in [5.74, 6) is 0.493. The van der Waals surface area contributed by atoms with Gasteiger partial charge in [0, 0.05) is 17.2 Å². The Balaban J connectivity index is 2.08. The number of nitriles is 1. The van der Waals surface area contributed by atoms with E-state index in [1.807, 2.05) is 39.0 Å². The number of rotatable bonds is 6. The highest BCUT2D eigenvalue weighted by Gasteiger charge is 2.40. The van der Waals surface area contributed by atoms with Gasteiger partial charge in [-0.05, 0) is 38.0 Å². The van der Waals surface area contributed by atoms with Gasteiger partial charge in [-0.25, -0.2) is 0 Å². The molecule has 0 radical (unpaired) electrons. The number of benzene rings is 1. The Hall–Kier alpha value is -3.01. The lowest BCUT2D eigenvalue weighted by molar-refractivity contribution is 0.276. The zero-order valence-corrected chi connectivity index (χ0v) is 15.1. The third-order valence-corrected chi connectivity index (χ3v) is 4.32. The van der Waals surface area contributed by atoms with Crippen LogP contribution in [0, 0.1) is 29.6 Å². The standard InChI is InChI=1S/C19H22N4O3/c1-4-8-25-14-7-6-12(9-15(14)24-5-2)17-13(10-20)18(21)26-19-16(17)11(3)22-23-19/h6-7,9,13,17,21H,4-5,8H2,1-3H3,(H,22,23). The van der Waals surface area contributed by atoms with E-state index in [2.05, 4.69) is 16.3 Å². The Morgan fingerprint density at radius 2 is 2.12 bits per heavy atom. The topological polar surface area (TPSA) is 104 Å². The van der Waals surface area contributed by atoms with E-state index >= 15 is 0 Å². The fourth-order valence-electron chi connectivity index (χ4n) is 3.16. The fraction of sp³-hybridized carbons (Fsp3) is 0.421. The second kappa shape index (κ2) is 7.48. The fourth-order valence-corrected chi connectivity index (χ4v) is 3.16. The molecule has 7 heteroatoms. The highest BCUT2D eigenvalue weighted by Crippen LogP contribution is 2.44. The van der Waals surface area contributed by atoms with Crippen LogP contribution in [0.4, 0.5) is 0 Å². The van der Waals surface area contributed by atoms with Crippen LogP contribution in [0.25, 0.3) is 0 Å². The normalized spacial score (nSPS) is 18.6. The predicted molar refractivity (Wildman–Crippen MR) is 96.0 cm³/mol. The Morgan fingerprint density at radius 3 is 2.81 bits per heavy atom. The number of ether oxygens (including phenoxy) is 3. The lowest BCUT2D eigenvalue weighted by Gasteiger charge is -2.28. The predicted octanol–water partition coefficient (Wildman–Crippen LogP) is 3.55. The zero-order valence-electron chi connectivity index (χ0n) is 15.1. The third kappa shape index (κ3) is 3.10. The van der Waals surface area contributed by atoms with Gasteiger partial charge in [-0.1, -0.05) is 13.0 Å². The van der Waals surface area contributed by atoms with Crippen LogP contribution in [0.3, 0.4) is 0 Å². The van der Waals surface area contributed by atoms with E-state index in [4.69, 9.17) is 19.6 Å². The number of nitrogens with one attached hydrogen (secondary N) is 2. The minimum absolute atomic E-state index is 0.0965. The molecule has 2 aromatic rings. The second-order valence-corrected chi connectivity index (χ2v) is 6.11. The highest BCUT2D eigenvalue weighted by atomic mass is 16.5. The molecule has 0 fully saturated rings. The third-order valence-electron chi connectivity index (χ3n) is 4.32. The van der Waals surface area contributed by atoms with Crippen molar-refractivity contribution < 1.29 is 14.2 Å². The van der Waals surface area contributed by atoms with Crippen LogP contribution < -0.4 is 14.2 Å². The molecule has 0 saturated heterocycles. The summed E-state index contributed by atoms with van der Waals surface area (Å²) >= 11 is 0. The number of hydrogen-bond acceptors (Lipinski definition) is 6. The maximum Gasteiger partial charge on any atom is 0.243 e. The molecule has 2 N–H and O–H groups in total. The summed E-state index contributed by atoms with van der Waals surface area (Å²) in [6, 6.07) is 7.86. The minimum Gasteiger partial charge on any atom is -0.490 e. The first-order valence-electron chi connectivity index (χ1n) is 8.70. The molecule has 0 saturated carbocycles. The van der Waals surface area contributed by atoms with Gasteiger partial charge < -0.3 is 14.2 Å². The summed E-state index contributed by atoms with van der Waals surface area (Å²) in [5, 5.41) is 24.7. The lowest BCUT2D eigenvalue weighted by Crippen LogP contribution is -2.31. The SMILES string of the molecule is CCCOc1ccc(C2c3c(n[nH]c3C)OC(=N)C2C#N)cc1OCC. The van der Waals surface area contributed by atoms with Gasteiger partial charge in [0.15, 0.2) is 11.5 Å². The lowest BCUT2D eigenvalue weighted by atomic mass is 9.79. The van der Waals surface area contributed by atoms with Crippen molar-refractivity contribution >= 4 is 5.90 Å². The smallest absolute Gasteiger partial charge is 0.243 e. The maximum absolute atomic E-state index is 9.63. The van der Waals surface area contributed by atoms with Crippen molar-refractivity contribution in [3.05, 3.63) is 35.0 Å². The molecule has 136 valence electrons. The molecule has 26 heavy (non-hydrogen) atoms. The summed E-state index contributed by atoms with van der Waals surface area (Å²) in [7, 11) is 0. The molecule has 0 aliphatic carbocycles. The van der Waals surface area contributed by atoms with Crippen molar-refractivity contribution in [1.82, 2.24) is 10.2 Å². The molecule has 1 aliphatic rings. The van der Waals surface area contributed by atoms with Crippen LogP contribution in [0.2, 0.25) is 0 Å². The van der Waals surface area contributed by atoms with Gasteiger partial charge in [-0.15, -0.1) is 5.10 Å². The van der Waals surface area contributed by atoms with Crippen LogP contribution in [0.15, 0.2) is 18.2 Å². The van der Waals surface area contributed by atoms with Crippen LogP contribution >= 0.6 is 0 Å². The molecule has 2 atom stereocenters. The Bertz CT molecular complexity index is 853. The largest absolute Gasteiger partial charge is 0.490 e. The number of aryl methyl sites for hydroxylation is 1. The van der Waals surface area contributed by atoms with E-state index in [1.165, 1.54) is 0 Å². The monoisotopic (exact) mass is 354 g/mol. The first-order chi connectivity index (χ1) is 12.6. The Kier molecular flexibility index (Phi) is 5.12. The van der Waals surface area contributed by atoms with Crippen molar-refractivity contribution in [2.24, 2.45) is 5.92 Å². The molecular formula is C19H22N4O3. The van der Waals surface area contributed by atoms with Gasteiger partial charge in [-0.2, -0.15) is 5.26 Å². The molecule has 0 amide bonds. The van der Waals surface area contributed by atoms with Crippen LogP contribution in [-0.4, -0.2) is 29.3 Å². The van der Waals surface area contributed by atoms with E-state index < -0.39 is 5.92 Å². The van der Waals surface area contributed by atoms with E-state index in [9.17, 15) is 5.26 Å². The molecular weight excluding hydrogens is 332 g/mol. The van der Waals surface area contributed by atoms with E-state index in [-0.39, 0.29) is 11.8 Å². The van der Waals surface area contributed by atoms with Gasteiger partial charge in [0.1, 0.15) is 5.92 Å². The maximum atomic E-state index is 9.63. The number of H-pyrrole nitrogens is 1. The number of aromatic nitrogens is 2. The molecule has 1 aliphatic heterocycles. The Morgan fingerprint density at radius 1 is 1.31 bits per heavy atom. The number of nitrogens with zero attached hydrogens (tertiary/aromatic N) is 2. The Labute approximate surface area is 152 Å². The summed E-state index contributed by atoms with van der Waals surface area (Å²) < 4.78 is 16.9. The van der Waals surface area contributed by atoms with Crippen LogP contribution in [0.1, 0.15) is 43.0 Å². The molecule has 2 heterocycles. The first-order valence-corrected chi connectivity index (χ1v) is 8.70. The number of hydrogen-bond donors (Lipinski definition) is 2. The van der Waals surface area contributed by atoms with Gasteiger partial charge >= 0.3 is 0 Å². The van der Waals surface area contributed by atoms with Gasteiger partial charge in [-0.3, -0.25) is 10.5 Å². The molecule has 1 aromatic carbocycles. The van der Waals surface area contributed by atoms with Crippen LogP contribution in [0.5, 0.6) is 17.4 Å². The summed E-state index contributed by atoms with van der Waals surface area (Å²) in [5.41, 5.74) is 2.49. The van der Waals surface area contributed by atoms with Crippen molar-refractivity contribution in [3.8, 4) is 23.4 Å². The van der Waals surface area contributed by atoms with Crippen molar-refractivity contribution in [1.29, 1.82) is 10.7 Å². The summed E-state index contributed by atoms with van der Waals surface area (Å²) in [6.45, 7) is 6.95. The quantitative estimate of drug-likeness (QED) is 0.825. The molecule has 1 aromatic heterocycles. The molecule has 0 bridgehead atoms. The van der Waals surface area contributed by atoms with Crippen LogP contribution in [-0.2, 0) is 0 Å². The highest BCUT2D eigenvalue weighted by molar-refractivity contribution is 5.84. The second-order valence-electron chi connectivity index (χ2n) is 6.11. The minimum atomic E-state index is -0.726. The van der Waals surface area contributed by atoms with E-state index in [0.717, 1.165) is 23.2 Å². The average Bonchev–Trinajstić information content (AvgIpc) is 3.00. The molecule has 7 nitrogen and oxygen atoms in total. The van der Waals surface area contributed by atoms with E-state index in [0.29, 0.717) is 30.6 Å². The molecule has 2 unspecified atom stereocenters. The average molecular weight is 354 g/mol. The summed E-state index contributed by atoms with van der Waals surface area (Å²) in [4.78, 5) is 0. The number of aromatic amines is 1. The van der Waals surface area contributed by atoms with Crippen molar-refractivity contribution in [2.45, 2.75) is 33.1 Å². The molecule has 0 spiro atoms. The van der Waals surface area contributed by atoms with Crippen molar-refractivity contribution in [2.75, 3.05) is 13.2 Å². The van der Waals surface area contributed by atoms with Crippen molar-refractivity contribution in [3.63, 3.8) is 0 Å². The van der Waals surface area contributed by atoms with Gasteiger partial charge in [0.2, 0.25) is 11.8 Å². The summed E-state index contributed by atoms with van der Waals surface area (Å²) in [6.07, 6.45) is 0.901.